The van der Waals surface area contributed by atoms with E-state index in [1.54, 1.807) is 4.90 Å². The van der Waals surface area contributed by atoms with Crippen molar-refractivity contribution >= 4 is 11.6 Å². The van der Waals surface area contributed by atoms with Gasteiger partial charge < -0.3 is 14.6 Å². The number of benzene rings is 1. The molecule has 21 heavy (non-hydrogen) atoms. The third kappa shape index (κ3) is 2.25. The van der Waals surface area contributed by atoms with Crippen LogP contribution in [0.5, 0.6) is 0 Å². The molecule has 110 valence electrons. The standard InChI is InChI=1S/C17H20N2O2/c1-10-7-14(11(2)21-10)17(18-3)12-5-6-15-13(8-12)9-16(20)19(15)4/h5-8,17-18H,9H2,1-4H3. The molecule has 1 aliphatic rings. The number of amides is 1. The normalized spacial score (nSPS) is 15.4. The van der Waals surface area contributed by atoms with Gasteiger partial charge in [-0.15, -0.1) is 0 Å². The SMILES string of the molecule is CNC(c1ccc2c(c1)CC(=O)N2C)c1cc(C)oc1C. The van der Waals surface area contributed by atoms with Crippen LogP contribution in [0.25, 0.3) is 0 Å². The first-order valence-electron chi connectivity index (χ1n) is 7.15. The Morgan fingerprint density at radius 3 is 2.67 bits per heavy atom. The number of nitrogens with one attached hydrogen (secondary N) is 1. The highest BCUT2D eigenvalue weighted by molar-refractivity contribution is 6.00. The van der Waals surface area contributed by atoms with E-state index in [-0.39, 0.29) is 11.9 Å². The summed E-state index contributed by atoms with van der Waals surface area (Å²) < 4.78 is 5.64. The molecule has 2 aromatic rings. The van der Waals surface area contributed by atoms with Crippen LogP contribution in [0, 0.1) is 13.8 Å². The lowest BCUT2D eigenvalue weighted by molar-refractivity contribution is -0.117. The molecule has 0 fully saturated rings. The number of hydrogen-bond acceptors (Lipinski definition) is 3. The third-order valence-corrected chi connectivity index (χ3v) is 4.19. The first kappa shape index (κ1) is 13.9. The quantitative estimate of drug-likeness (QED) is 0.942. The monoisotopic (exact) mass is 284 g/mol. The summed E-state index contributed by atoms with van der Waals surface area (Å²) in [6.45, 7) is 3.94. The van der Waals surface area contributed by atoms with Crippen LogP contribution in [0.15, 0.2) is 28.7 Å². The third-order valence-electron chi connectivity index (χ3n) is 4.19. The zero-order valence-electron chi connectivity index (χ0n) is 12.9. The van der Waals surface area contributed by atoms with Crippen LogP contribution in [0.3, 0.4) is 0 Å². The van der Waals surface area contributed by atoms with Gasteiger partial charge >= 0.3 is 0 Å². The number of furan rings is 1. The molecule has 0 bridgehead atoms. The minimum Gasteiger partial charge on any atom is -0.466 e. The summed E-state index contributed by atoms with van der Waals surface area (Å²) in [6, 6.07) is 8.38. The summed E-state index contributed by atoms with van der Waals surface area (Å²) in [5, 5.41) is 3.34. The van der Waals surface area contributed by atoms with Crippen molar-refractivity contribution < 1.29 is 9.21 Å². The van der Waals surface area contributed by atoms with Gasteiger partial charge in [0.25, 0.3) is 0 Å². The first-order chi connectivity index (χ1) is 10.0. The van der Waals surface area contributed by atoms with Crippen LogP contribution >= 0.6 is 0 Å². The summed E-state index contributed by atoms with van der Waals surface area (Å²) in [5.74, 6) is 2.00. The maximum Gasteiger partial charge on any atom is 0.231 e. The van der Waals surface area contributed by atoms with Gasteiger partial charge in [-0.1, -0.05) is 12.1 Å². The van der Waals surface area contributed by atoms with E-state index in [4.69, 9.17) is 4.42 Å². The smallest absolute Gasteiger partial charge is 0.231 e. The Balaban J connectivity index is 2.02. The van der Waals surface area contributed by atoms with Crippen molar-refractivity contribution in [1.29, 1.82) is 0 Å². The van der Waals surface area contributed by atoms with E-state index in [9.17, 15) is 4.79 Å². The van der Waals surface area contributed by atoms with Gasteiger partial charge in [-0.3, -0.25) is 4.79 Å². The van der Waals surface area contributed by atoms with E-state index in [2.05, 4.69) is 23.5 Å². The van der Waals surface area contributed by atoms with Crippen molar-refractivity contribution in [3.63, 3.8) is 0 Å². The molecular formula is C17H20N2O2. The van der Waals surface area contributed by atoms with Crippen molar-refractivity contribution in [2.45, 2.75) is 26.3 Å². The number of fused-ring (bicyclic) bond motifs is 1. The van der Waals surface area contributed by atoms with Crippen LogP contribution < -0.4 is 10.2 Å². The molecule has 1 atom stereocenters. The minimum absolute atomic E-state index is 0.0776. The van der Waals surface area contributed by atoms with Gasteiger partial charge in [-0.25, -0.2) is 0 Å². The highest BCUT2D eigenvalue weighted by Crippen LogP contribution is 2.33. The number of hydrogen-bond donors (Lipinski definition) is 1. The summed E-state index contributed by atoms with van der Waals surface area (Å²) >= 11 is 0. The molecule has 2 heterocycles. The number of rotatable bonds is 3. The fourth-order valence-electron chi connectivity index (χ4n) is 3.11. The molecule has 0 spiro atoms. The molecule has 1 unspecified atom stereocenters. The van der Waals surface area contributed by atoms with Gasteiger partial charge in [0.1, 0.15) is 11.5 Å². The number of nitrogens with zero attached hydrogens (tertiary/aromatic N) is 1. The van der Waals surface area contributed by atoms with Crippen LogP contribution in [0.4, 0.5) is 5.69 Å². The predicted octanol–water partition coefficient (Wildman–Crippen LogP) is 2.72. The zero-order chi connectivity index (χ0) is 15.1. The molecule has 3 rings (SSSR count). The molecule has 1 amide bonds. The highest BCUT2D eigenvalue weighted by Gasteiger charge is 2.26. The van der Waals surface area contributed by atoms with E-state index >= 15 is 0 Å². The van der Waals surface area contributed by atoms with Crippen LogP contribution in [0.1, 0.15) is 34.3 Å². The van der Waals surface area contributed by atoms with Gasteiger partial charge in [0.15, 0.2) is 0 Å². The van der Waals surface area contributed by atoms with Crippen molar-refractivity contribution in [3.8, 4) is 0 Å². The van der Waals surface area contributed by atoms with E-state index in [1.165, 1.54) is 0 Å². The van der Waals surface area contributed by atoms with Crippen molar-refractivity contribution in [2.75, 3.05) is 19.0 Å². The Morgan fingerprint density at radius 2 is 2.05 bits per heavy atom. The molecule has 4 nitrogen and oxygen atoms in total. The lowest BCUT2D eigenvalue weighted by Crippen LogP contribution is -2.20. The number of anilines is 1. The average molecular weight is 284 g/mol. The fourth-order valence-corrected chi connectivity index (χ4v) is 3.11. The Bertz CT molecular complexity index is 703. The lowest BCUT2D eigenvalue weighted by Gasteiger charge is -2.18. The molecular weight excluding hydrogens is 264 g/mol. The van der Waals surface area contributed by atoms with Gasteiger partial charge in [0, 0.05) is 18.3 Å². The molecule has 1 aromatic carbocycles. The molecule has 4 heteroatoms. The van der Waals surface area contributed by atoms with Gasteiger partial charge in [0.2, 0.25) is 5.91 Å². The van der Waals surface area contributed by atoms with E-state index in [1.807, 2.05) is 34.0 Å². The van der Waals surface area contributed by atoms with Crippen molar-refractivity contribution in [1.82, 2.24) is 5.32 Å². The maximum atomic E-state index is 11.8. The molecule has 1 N–H and O–H groups in total. The summed E-state index contributed by atoms with van der Waals surface area (Å²) in [5.41, 5.74) is 4.41. The van der Waals surface area contributed by atoms with Gasteiger partial charge in [-0.05, 0) is 44.2 Å². The molecule has 0 aliphatic carbocycles. The minimum atomic E-state index is 0.0776. The van der Waals surface area contributed by atoms with E-state index < -0.39 is 0 Å². The number of carbonyl (C=O) groups is 1. The number of likely N-dealkylation sites (N-methyl/N-ethyl adjacent to an activating group) is 1. The van der Waals surface area contributed by atoms with Crippen LogP contribution in [0.2, 0.25) is 0 Å². The molecule has 0 saturated carbocycles. The molecule has 0 saturated heterocycles. The summed E-state index contributed by atoms with van der Waals surface area (Å²) in [4.78, 5) is 13.5. The van der Waals surface area contributed by atoms with Gasteiger partial charge in [0.05, 0.1) is 12.5 Å². The van der Waals surface area contributed by atoms with Crippen molar-refractivity contribution in [3.05, 3.63) is 52.5 Å². The van der Waals surface area contributed by atoms with Crippen LogP contribution in [-0.2, 0) is 11.2 Å². The zero-order valence-corrected chi connectivity index (χ0v) is 12.9. The summed E-state index contributed by atoms with van der Waals surface area (Å²) in [6.07, 6.45) is 0.486. The second kappa shape index (κ2) is 5.04. The number of carbonyl (C=O) groups excluding carboxylic acids is 1. The molecule has 0 radical (unpaired) electrons. The first-order valence-corrected chi connectivity index (χ1v) is 7.15. The van der Waals surface area contributed by atoms with E-state index in [0.717, 1.165) is 33.9 Å². The van der Waals surface area contributed by atoms with E-state index in [0.29, 0.717) is 6.42 Å². The van der Waals surface area contributed by atoms with Crippen molar-refractivity contribution in [2.24, 2.45) is 0 Å². The second-order valence-electron chi connectivity index (χ2n) is 5.61. The molecule has 1 aromatic heterocycles. The fraction of sp³-hybridized carbons (Fsp3) is 0.353. The lowest BCUT2D eigenvalue weighted by atomic mass is 9.96. The number of aryl methyl sites for hydroxylation is 2. The maximum absolute atomic E-state index is 11.8. The summed E-state index contributed by atoms with van der Waals surface area (Å²) in [7, 11) is 3.77. The second-order valence-corrected chi connectivity index (χ2v) is 5.61. The Labute approximate surface area is 124 Å². The predicted molar refractivity (Wildman–Crippen MR) is 82.6 cm³/mol. The highest BCUT2D eigenvalue weighted by atomic mass is 16.3. The molecule has 1 aliphatic heterocycles. The Hall–Kier alpha value is -2.07. The Kier molecular flexibility index (Phi) is 3.33. The average Bonchev–Trinajstić information content (AvgIpc) is 2.91. The van der Waals surface area contributed by atoms with Gasteiger partial charge in [-0.2, -0.15) is 0 Å². The Morgan fingerprint density at radius 1 is 1.29 bits per heavy atom. The van der Waals surface area contributed by atoms with Crippen LogP contribution in [-0.4, -0.2) is 20.0 Å². The largest absolute Gasteiger partial charge is 0.466 e. The topological polar surface area (TPSA) is 45.5 Å².